The van der Waals surface area contributed by atoms with Crippen LogP contribution in [0.3, 0.4) is 0 Å². The third kappa shape index (κ3) is 2.70. The maximum atomic E-state index is 11.5. The number of fused-ring (bicyclic) bond motifs is 1. The van der Waals surface area contributed by atoms with Gasteiger partial charge in [-0.1, -0.05) is 0 Å². The van der Waals surface area contributed by atoms with Crippen molar-refractivity contribution in [1.82, 2.24) is 0 Å². The Labute approximate surface area is 145 Å². The molecule has 134 valence electrons. The maximum absolute atomic E-state index is 11.5. The van der Waals surface area contributed by atoms with Gasteiger partial charge in [-0.2, -0.15) is 0 Å². The zero-order valence-electron chi connectivity index (χ0n) is 14.5. The van der Waals surface area contributed by atoms with Crippen LogP contribution < -0.4 is 18.9 Å². The van der Waals surface area contributed by atoms with Gasteiger partial charge < -0.3 is 28.8 Å². The quantitative estimate of drug-likeness (QED) is 0.830. The van der Waals surface area contributed by atoms with Crippen molar-refractivity contribution in [1.29, 1.82) is 0 Å². The smallest absolute Gasteiger partial charge is 0.309 e. The molecule has 1 aliphatic heterocycles. The molecule has 2 aromatic carbocycles. The molecule has 1 aliphatic rings. The first-order valence-electron chi connectivity index (χ1n) is 7.72. The lowest BCUT2D eigenvalue weighted by Crippen LogP contribution is -2.13. The number of rotatable bonds is 5. The summed E-state index contributed by atoms with van der Waals surface area (Å²) in [5.41, 5.74) is 0.539. The van der Waals surface area contributed by atoms with E-state index in [1.807, 2.05) is 6.07 Å². The van der Waals surface area contributed by atoms with Gasteiger partial charge in [0.05, 0.1) is 40.2 Å². The summed E-state index contributed by atoms with van der Waals surface area (Å²) in [4.78, 5) is 11.5. The maximum Gasteiger partial charge on any atom is 0.309 e. The van der Waals surface area contributed by atoms with Crippen LogP contribution in [0.4, 0.5) is 0 Å². The molecule has 0 unspecified atom stereocenters. The van der Waals surface area contributed by atoms with E-state index in [1.54, 1.807) is 26.4 Å². The number of aliphatic hydroxyl groups is 1. The van der Waals surface area contributed by atoms with E-state index >= 15 is 0 Å². The van der Waals surface area contributed by atoms with Crippen LogP contribution in [-0.4, -0.2) is 45.6 Å². The topological polar surface area (TPSA) is 83.5 Å². The molecule has 0 saturated carbocycles. The number of carbonyl (C=O) groups is 1. The molecule has 25 heavy (non-hydrogen) atoms. The lowest BCUT2D eigenvalue weighted by atomic mass is 9.97. The van der Waals surface area contributed by atoms with Crippen molar-refractivity contribution in [2.24, 2.45) is 0 Å². The van der Waals surface area contributed by atoms with Crippen LogP contribution in [0.2, 0.25) is 0 Å². The lowest BCUT2D eigenvalue weighted by Gasteiger charge is -2.21. The Morgan fingerprint density at radius 2 is 1.68 bits per heavy atom. The third-order valence-corrected chi connectivity index (χ3v) is 4.30. The minimum absolute atomic E-state index is 0.0554. The van der Waals surface area contributed by atoms with Crippen molar-refractivity contribution in [3.8, 4) is 23.0 Å². The molecular weight excluding hydrogens is 328 g/mol. The highest BCUT2D eigenvalue weighted by atomic mass is 16.6. The summed E-state index contributed by atoms with van der Waals surface area (Å²) in [6.07, 6.45) is -1.81. The largest absolute Gasteiger partial charge is 0.496 e. The number of hydrogen-bond donors (Lipinski definition) is 1. The van der Waals surface area contributed by atoms with E-state index in [-0.39, 0.29) is 6.42 Å². The number of aliphatic hydroxyl groups excluding tert-OH is 1. The van der Waals surface area contributed by atoms with E-state index in [4.69, 9.17) is 23.7 Å². The van der Waals surface area contributed by atoms with Gasteiger partial charge in [0.15, 0.2) is 17.6 Å². The molecule has 0 aromatic heterocycles. The normalized spacial score (nSPS) is 19.6. The fourth-order valence-corrected chi connectivity index (χ4v) is 3.21. The highest BCUT2D eigenvalue weighted by molar-refractivity contribution is 6.01. The van der Waals surface area contributed by atoms with Gasteiger partial charge in [-0.05, 0) is 18.2 Å². The molecule has 0 aliphatic carbocycles. The molecule has 0 bridgehead atoms. The highest BCUT2D eigenvalue weighted by Gasteiger charge is 2.37. The fraction of sp³-hybridized carbons (Fsp3) is 0.389. The average Bonchev–Trinajstić information content (AvgIpc) is 2.96. The predicted molar refractivity (Wildman–Crippen MR) is 89.6 cm³/mol. The van der Waals surface area contributed by atoms with Crippen molar-refractivity contribution in [3.63, 3.8) is 0 Å². The fourth-order valence-electron chi connectivity index (χ4n) is 3.21. The van der Waals surface area contributed by atoms with Gasteiger partial charge in [0.2, 0.25) is 0 Å². The Morgan fingerprint density at radius 1 is 1.00 bits per heavy atom. The SMILES string of the molecule is COc1ccc2c(OC)c([C@H]3OC(=O)C[C@H]3O)cc(OC)c2c1OC. The van der Waals surface area contributed by atoms with Gasteiger partial charge in [0, 0.05) is 10.9 Å². The Kier molecular flexibility index (Phi) is 4.59. The van der Waals surface area contributed by atoms with Crippen molar-refractivity contribution in [3.05, 3.63) is 23.8 Å². The zero-order valence-corrected chi connectivity index (χ0v) is 14.5. The van der Waals surface area contributed by atoms with Gasteiger partial charge in [-0.25, -0.2) is 0 Å². The minimum atomic E-state index is -0.941. The molecule has 0 spiro atoms. The average molecular weight is 348 g/mol. The summed E-state index contributed by atoms with van der Waals surface area (Å²) in [6, 6.07) is 5.25. The Balaban J connectivity index is 2.33. The second-order valence-corrected chi connectivity index (χ2v) is 5.61. The summed E-state index contributed by atoms with van der Waals surface area (Å²) < 4.78 is 27.2. The standard InChI is InChI=1S/C18H20O7/c1-21-12-6-5-9-15(18(12)24-4)13(22-2)7-10(16(9)23-3)17-11(19)8-14(20)25-17/h5-7,11,17,19H,8H2,1-4H3/t11-,17-/m1/s1. The number of ether oxygens (including phenoxy) is 5. The van der Waals surface area contributed by atoms with Gasteiger partial charge in [0.1, 0.15) is 17.6 Å². The van der Waals surface area contributed by atoms with Gasteiger partial charge in [0.25, 0.3) is 0 Å². The number of carbonyl (C=O) groups excluding carboxylic acids is 1. The Hall–Kier alpha value is -2.67. The summed E-state index contributed by atoms with van der Waals surface area (Å²) in [6.45, 7) is 0. The van der Waals surface area contributed by atoms with Crippen LogP contribution in [0.15, 0.2) is 18.2 Å². The number of hydrogen-bond acceptors (Lipinski definition) is 7. The minimum Gasteiger partial charge on any atom is -0.496 e. The number of benzene rings is 2. The van der Waals surface area contributed by atoms with Gasteiger partial charge in [-0.15, -0.1) is 0 Å². The molecule has 0 radical (unpaired) electrons. The molecule has 7 heteroatoms. The molecule has 1 N–H and O–H groups in total. The Morgan fingerprint density at radius 3 is 2.20 bits per heavy atom. The summed E-state index contributed by atoms with van der Waals surface area (Å²) >= 11 is 0. The first kappa shape index (κ1) is 17.2. The van der Waals surface area contributed by atoms with Crippen LogP contribution in [0, 0.1) is 0 Å². The van der Waals surface area contributed by atoms with E-state index in [0.717, 1.165) is 0 Å². The molecule has 2 aromatic rings. The van der Waals surface area contributed by atoms with Crippen molar-refractivity contribution >= 4 is 16.7 Å². The van der Waals surface area contributed by atoms with E-state index in [9.17, 15) is 9.90 Å². The first-order chi connectivity index (χ1) is 12.0. The number of methoxy groups -OCH3 is 4. The second-order valence-electron chi connectivity index (χ2n) is 5.61. The molecule has 1 fully saturated rings. The van der Waals surface area contributed by atoms with Gasteiger partial charge >= 0.3 is 5.97 Å². The zero-order chi connectivity index (χ0) is 18.1. The Bertz CT molecular complexity index is 815. The molecule has 7 nitrogen and oxygen atoms in total. The third-order valence-electron chi connectivity index (χ3n) is 4.30. The summed E-state index contributed by atoms with van der Waals surface area (Å²) in [5, 5.41) is 11.5. The number of cyclic esters (lactones) is 1. The van der Waals surface area contributed by atoms with Crippen molar-refractivity contribution in [2.75, 3.05) is 28.4 Å². The van der Waals surface area contributed by atoms with Crippen LogP contribution in [0.25, 0.3) is 10.8 Å². The molecule has 1 saturated heterocycles. The van der Waals surface area contributed by atoms with Crippen LogP contribution in [-0.2, 0) is 9.53 Å². The molecule has 0 amide bonds. The van der Waals surface area contributed by atoms with Crippen molar-refractivity contribution in [2.45, 2.75) is 18.6 Å². The molecule has 2 atom stereocenters. The highest BCUT2D eigenvalue weighted by Crippen LogP contribution is 2.48. The predicted octanol–water partition coefficient (Wildman–Crippen LogP) is 2.22. The van der Waals surface area contributed by atoms with Crippen LogP contribution >= 0.6 is 0 Å². The molecular formula is C18H20O7. The van der Waals surface area contributed by atoms with Crippen LogP contribution in [0.5, 0.6) is 23.0 Å². The molecule has 1 heterocycles. The lowest BCUT2D eigenvalue weighted by molar-refractivity contribution is -0.142. The monoisotopic (exact) mass is 348 g/mol. The van der Waals surface area contributed by atoms with Crippen LogP contribution in [0.1, 0.15) is 18.1 Å². The number of esters is 1. The van der Waals surface area contributed by atoms with Gasteiger partial charge in [-0.3, -0.25) is 4.79 Å². The van der Waals surface area contributed by atoms with E-state index in [0.29, 0.717) is 39.3 Å². The van der Waals surface area contributed by atoms with E-state index in [2.05, 4.69) is 0 Å². The van der Waals surface area contributed by atoms with E-state index < -0.39 is 18.2 Å². The summed E-state index contributed by atoms with van der Waals surface area (Å²) in [7, 11) is 6.14. The van der Waals surface area contributed by atoms with Crippen molar-refractivity contribution < 1.29 is 33.6 Å². The molecule has 3 rings (SSSR count). The summed E-state index contributed by atoms with van der Waals surface area (Å²) in [5.74, 6) is 1.58. The van der Waals surface area contributed by atoms with E-state index in [1.165, 1.54) is 14.2 Å². The second kappa shape index (κ2) is 6.68. The first-order valence-corrected chi connectivity index (χ1v) is 7.72.